The predicted octanol–water partition coefficient (Wildman–Crippen LogP) is -1.28. The molecule has 1 saturated heterocycles. The van der Waals surface area contributed by atoms with Gasteiger partial charge in [-0.1, -0.05) is 0 Å². The van der Waals surface area contributed by atoms with Gasteiger partial charge in [0.15, 0.2) is 12.3 Å². The third kappa shape index (κ3) is 4.41. The first-order valence-corrected chi connectivity index (χ1v) is 7.67. The fourth-order valence-electron chi connectivity index (χ4n) is 2.59. The summed E-state index contributed by atoms with van der Waals surface area (Å²) in [6.45, 7) is 0.887. The van der Waals surface area contributed by atoms with Gasteiger partial charge < -0.3 is 24.1 Å². The van der Waals surface area contributed by atoms with Gasteiger partial charge in [0.25, 0.3) is 5.56 Å². The summed E-state index contributed by atoms with van der Waals surface area (Å²) in [5.74, 6) is -0.793. The zero-order valence-electron chi connectivity index (χ0n) is 13.8. The van der Waals surface area contributed by atoms with E-state index in [4.69, 9.17) is 14.2 Å². The minimum atomic E-state index is -1.00. The number of aliphatic hydroxyl groups excluding tert-OH is 1. The lowest BCUT2D eigenvalue weighted by molar-refractivity contribution is -0.158. The van der Waals surface area contributed by atoms with Crippen LogP contribution in [0.3, 0.4) is 0 Å². The molecule has 0 saturated carbocycles. The number of nitrogens with zero attached hydrogens (tertiary/aromatic N) is 1. The van der Waals surface area contributed by atoms with E-state index in [1.54, 1.807) is 0 Å². The van der Waals surface area contributed by atoms with Gasteiger partial charge in [0, 0.05) is 25.8 Å². The van der Waals surface area contributed by atoms with Crippen LogP contribution in [0.4, 0.5) is 0 Å². The van der Waals surface area contributed by atoms with Crippen molar-refractivity contribution in [2.75, 3.05) is 13.7 Å². The van der Waals surface area contributed by atoms with Gasteiger partial charge in [-0.05, 0) is 6.92 Å². The Bertz CT molecular complexity index is 740. The molecule has 4 atom stereocenters. The largest absolute Gasteiger partial charge is 0.456 e. The summed E-state index contributed by atoms with van der Waals surface area (Å²) < 4.78 is 17.3. The van der Waals surface area contributed by atoms with Gasteiger partial charge in [-0.25, -0.2) is 4.79 Å². The van der Waals surface area contributed by atoms with Crippen LogP contribution in [-0.2, 0) is 23.8 Å². The van der Waals surface area contributed by atoms with Crippen molar-refractivity contribution in [3.63, 3.8) is 0 Å². The molecule has 2 heterocycles. The van der Waals surface area contributed by atoms with Crippen LogP contribution in [0.15, 0.2) is 21.9 Å². The highest BCUT2D eigenvalue weighted by Crippen LogP contribution is 2.32. The third-order valence-electron chi connectivity index (χ3n) is 3.81. The standard InChI is InChI=1S/C15H20N2O8/c1-8(19)3-4-11(21)25-12-9(7-18)24-14(13(12)23-2)17-6-5-10(20)16-15(17)22/h5-6,9,12-14,18H,3-4,7H2,1-2H3,(H,16,20,22)/t9-,12-,13-,14-/m1/s1. The summed E-state index contributed by atoms with van der Waals surface area (Å²) in [5.41, 5.74) is -1.29. The molecule has 25 heavy (non-hydrogen) atoms. The molecule has 1 aliphatic rings. The average molecular weight is 356 g/mol. The fraction of sp³-hybridized carbons (Fsp3) is 0.600. The molecule has 0 amide bonds. The number of ether oxygens (including phenoxy) is 3. The number of aromatic amines is 1. The Balaban J connectivity index is 2.22. The summed E-state index contributed by atoms with van der Waals surface area (Å²) in [7, 11) is 1.34. The van der Waals surface area contributed by atoms with Gasteiger partial charge in [-0.15, -0.1) is 0 Å². The van der Waals surface area contributed by atoms with Gasteiger partial charge in [-0.3, -0.25) is 19.1 Å². The second-order valence-corrected chi connectivity index (χ2v) is 5.62. The number of aliphatic hydroxyl groups is 1. The van der Waals surface area contributed by atoms with Crippen LogP contribution in [0.1, 0.15) is 26.0 Å². The minimum Gasteiger partial charge on any atom is -0.456 e. The first kappa shape index (κ1) is 19.0. The number of esters is 1. The Kier molecular flexibility index (Phi) is 6.23. The molecular weight excluding hydrogens is 336 g/mol. The summed E-state index contributed by atoms with van der Waals surface area (Å²) in [6.07, 6.45) is -2.63. The molecule has 0 aromatic carbocycles. The van der Waals surface area contributed by atoms with E-state index in [0.717, 1.165) is 10.6 Å². The highest BCUT2D eigenvalue weighted by Gasteiger charge is 2.48. The summed E-state index contributed by atoms with van der Waals surface area (Å²) in [4.78, 5) is 48.1. The molecule has 2 N–H and O–H groups in total. The molecule has 138 valence electrons. The number of nitrogens with one attached hydrogen (secondary N) is 1. The molecule has 0 bridgehead atoms. The van der Waals surface area contributed by atoms with Crippen molar-refractivity contribution in [3.05, 3.63) is 33.1 Å². The number of rotatable bonds is 7. The summed E-state index contributed by atoms with van der Waals surface area (Å²) in [5, 5.41) is 9.49. The van der Waals surface area contributed by atoms with Crippen LogP contribution in [0.25, 0.3) is 0 Å². The van der Waals surface area contributed by atoms with Crippen molar-refractivity contribution in [2.24, 2.45) is 0 Å². The number of ketones is 1. The van der Waals surface area contributed by atoms with E-state index >= 15 is 0 Å². The lowest BCUT2D eigenvalue weighted by atomic mass is 10.1. The average Bonchev–Trinajstić information content (AvgIpc) is 2.90. The first-order chi connectivity index (χ1) is 11.9. The first-order valence-electron chi connectivity index (χ1n) is 7.67. The predicted molar refractivity (Wildman–Crippen MR) is 82.9 cm³/mol. The molecule has 1 fully saturated rings. The number of carbonyl (C=O) groups is 2. The van der Waals surface area contributed by atoms with Gasteiger partial charge in [0.05, 0.1) is 13.0 Å². The maximum absolute atomic E-state index is 12.0. The Hall–Kier alpha value is -2.30. The molecule has 0 radical (unpaired) electrons. The second kappa shape index (κ2) is 8.19. The molecule has 2 rings (SSSR count). The van der Waals surface area contributed by atoms with Crippen LogP contribution in [0, 0.1) is 0 Å². The quantitative estimate of drug-likeness (QED) is 0.577. The fourth-order valence-corrected chi connectivity index (χ4v) is 2.59. The highest BCUT2D eigenvalue weighted by molar-refractivity contribution is 5.81. The number of aromatic nitrogens is 2. The Morgan fingerprint density at radius 1 is 1.32 bits per heavy atom. The van der Waals surface area contributed by atoms with Crippen LogP contribution in [-0.4, -0.2) is 58.4 Å². The van der Waals surface area contributed by atoms with Crippen LogP contribution in [0.5, 0.6) is 0 Å². The molecule has 10 nitrogen and oxygen atoms in total. The van der Waals surface area contributed by atoms with Gasteiger partial charge in [-0.2, -0.15) is 0 Å². The van der Waals surface area contributed by atoms with Crippen molar-refractivity contribution < 1.29 is 28.9 Å². The summed E-state index contributed by atoms with van der Waals surface area (Å²) >= 11 is 0. The van der Waals surface area contributed by atoms with Crippen molar-refractivity contribution >= 4 is 11.8 Å². The SMILES string of the molecule is CO[C@@H]1[C@H](OC(=O)CCC(C)=O)[C@@H](CO)O[C@H]1n1ccc(=O)[nH]c1=O. The van der Waals surface area contributed by atoms with E-state index in [1.165, 1.54) is 20.2 Å². The molecule has 10 heteroatoms. The molecule has 1 aromatic rings. The Labute approximate surface area is 142 Å². The van der Waals surface area contributed by atoms with E-state index < -0.39 is 48.4 Å². The van der Waals surface area contributed by atoms with Gasteiger partial charge >= 0.3 is 11.7 Å². The van der Waals surface area contributed by atoms with Crippen LogP contribution < -0.4 is 11.2 Å². The minimum absolute atomic E-state index is 0.0384. The molecule has 0 unspecified atom stereocenters. The molecule has 1 aromatic heterocycles. The van der Waals surface area contributed by atoms with Gasteiger partial charge in [0.1, 0.15) is 18.0 Å². The summed E-state index contributed by atoms with van der Waals surface area (Å²) in [6, 6.07) is 1.14. The van der Waals surface area contributed by atoms with E-state index in [9.17, 15) is 24.3 Å². The van der Waals surface area contributed by atoms with E-state index in [-0.39, 0.29) is 18.6 Å². The Morgan fingerprint density at radius 2 is 2.04 bits per heavy atom. The van der Waals surface area contributed by atoms with Crippen molar-refractivity contribution in [1.29, 1.82) is 0 Å². The number of H-pyrrole nitrogens is 1. The lowest BCUT2D eigenvalue weighted by Crippen LogP contribution is -2.41. The number of hydrogen-bond acceptors (Lipinski definition) is 8. The van der Waals surface area contributed by atoms with Crippen molar-refractivity contribution in [2.45, 2.75) is 44.3 Å². The van der Waals surface area contributed by atoms with Crippen LogP contribution in [0.2, 0.25) is 0 Å². The topological polar surface area (TPSA) is 137 Å². The smallest absolute Gasteiger partial charge is 0.330 e. The number of Topliss-reactive ketones (excluding diaryl/α,β-unsaturated/α-hetero) is 1. The number of methoxy groups -OCH3 is 1. The normalized spacial score (nSPS) is 25.7. The van der Waals surface area contributed by atoms with Gasteiger partial charge in [0.2, 0.25) is 0 Å². The van der Waals surface area contributed by atoms with E-state index in [1.807, 2.05) is 0 Å². The third-order valence-corrected chi connectivity index (χ3v) is 3.81. The second-order valence-electron chi connectivity index (χ2n) is 5.62. The molecule has 1 aliphatic heterocycles. The maximum Gasteiger partial charge on any atom is 0.330 e. The molecule has 0 aliphatic carbocycles. The lowest BCUT2D eigenvalue weighted by Gasteiger charge is -2.23. The van der Waals surface area contributed by atoms with Crippen LogP contribution >= 0.6 is 0 Å². The van der Waals surface area contributed by atoms with Crippen molar-refractivity contribution in [3.8, 4) is 0 Å². The van der Waals surface area contributed by atoms with Crippen molar-refractivity contribution in [1.82, 2.24) is 9.55 Å². The number of carbonyl (C=O) groups excluding carboxylic acids is 2. The maximum atomic E-state index is 12.0. The van der Waals surface area contributed by atoms with E-state index in [2.05, 4.69) is 4.98 Å². The zero-order valence-corrected chi connectivity index (χ0v) is 13.8. The highest BCUT2D eigenvalue weighted by atomic mass is 16.6. The number of hydrogen-bond donors (Lipinski definition) is 2. The molecular formula is C15H20N2O8. The van der Waals surface area contributed by atoms with E-state index in [0.29, 0.717) is 0 Å². The molecule has 0 spiro atoms. The monoisotopic (exact) mass is 356 g/mol. The Morgan fingerprint density at radius 3 is 2.60 bits per heavy atom. The zero-order chi connectivity index (χ0) is 18.6.